The highest BCUT2D eigenvalue weighted by atomic mass is 16.3. The fraction of sp³-hybridized carbons (Fsp3) is 0.889. The van der Waals surface area contributed by atoms with Gasteiger partial charge in [0.15, 0.2) is 0 Å². The van der Waals surface area contributed by atoms with E-state index in [0.717, 1.165) is 12.8 Å². The third-order valence-electron chi connectivity index (χ3n) is 1.78. The van der Waals surface area contributed by atoms with E-state index in [1.54, 1.807) is 0 Å². The molecule has 0 spiro atoms. The Hall–Kier alpha value is -0.610. The number of carbonyl (C=O) groups excluding carboxylic acids is 1. The maximum atomic E-state index is 10.2. The molecule has 78 valence electrons. The minimum Gasteiger partial charge on any atom is -0.383 e. The Kier molecular flexibility index (Phi) is 6.54. The van der Waals surface area contributed by atoms with Gasteiger partial charge in [0.05, 0.1) is 0 Å². The molecule has 0 aliphatic heterocycles. The minimum absolute atomic E-state index is 0.492. The number of carbonyl (C=O) groups is 1. The molecule has 0 radical (unpaired) electrons. The average Bonchev–Trinajstić information content (AvgIpc) is 2.84. The molecule has 0 heterocycles. The molecule has 1 unspecified atom stereocenters. The molecule has 13 heavy (non-hydrogen) atoms. The van der Waals surface area contributed by atoms with Crippen LogP contribution in [0, 0.1) is 0 Å². The summed E-state index contributed by atoms with van der Waals surface area (Å²) in [6, 6.07) is 0.583. The fourth-order valence-corrected chi connectivity index (χ4v) is 0.636. The first-order valence-corrected chi connectivity index (χ1v) is 4.80. The number of rotatable bonds is 4. The van der Waals surface area contributed by atoms with Gasteiger partial charge in [-0.1, -0.05) is 19.8 Å². The molecular weight excluding hydrogens is 168 g/mol. The molecule has 0 saturated heterocycles. The highest BCUT2D eigenvalue weighted by molar-refractivity contribution is 5.78. The van der Waals surface area contributed by atoms with Crippen LogP contribution in [0.2, 0.25) is 0 Å². The lowest BCUT2D eigenvalue weighted by atomic mass is 10.1. The third kappa shape index (κ3) is 9.30. The number of nitrogens with two attached hydrogens (primary N) is 2. The van der Waals surface area contributed by atoms with Gasteiger partial charge in [0, 0.05) is 6.04 Å². The maximum Gasteiger partial charge on any atom is 0.246 e. The Labute approximate surface area is 79.3 Å². The molecule has 1 amide bonds. The number of amides is 1. The first-order chi connectivity index (χ1) is 6.07. The molecule has 1 saturated carbocycles. The maximum absolute atomic E-state index is 10.2. The average molecular weight is 188 g/mol. The Bertz CT molecular complexity index is 147. The predicted octanol–water partition coefficient (Wildman–Crippen LogP) is 0.130. The molecule has 4 nitrogen and oxygen atoms in total. The van der Waals surface area contributed by atoms with Gasteiger partial charge in [-0.2, -0.15) is 0 Å². The molecule has 5 N–H and O–H groups in total. The smallest absolute Gasteiger partial charge is 0.246 e. The molecule has 1 atom stereocenters. The highest BCUT2D eigenvalue weighted by Gasteiger charge is 2.13. The second-order valence-electron chi connectivity index (χ2n) is 3.40. The lowest BCUT2D eigenvalue weighted by Gasteiger charge is -2.02. The van der Waals surface area contributed by atoms with Crippen molar-refractivity contribution in [3.05, 3.63) is 0 Å². The molecule has 1 aliphatic carbocycles. The van der Waals surface area contributed by atoms with E-state index < -0.39 is 12.0 Å². The van der Waals surface area contributed by atoms with E-state index in [-0.39, 0.29) is 0 Å². The van der Waals surface area contributed by atoms with Gasteiger partial charge in [-0.3, -0.25) is 4.79 Å². The molecule has 1 fully saturated rings. The number of aliphatic hydroxyl groups excluding tert-OH is 1. The summed E-state index contributed by atoms with van der Waals surface area (Å²) >= 11 is 0. The molecule has 0 aromatic rings. The van der Waals surface area contributed by atoms with Crippen LogP contribution in [0.1, 0.15) is 39.0 Å². The van der Waals surface area contributed by atoms with Crippen LogP contribution >= 0.6 is 0 Å². The first-order valence-electron chi connectivity index (χ1n) is 4.80. The summed E-state index contributed by atoms with van der Waals surface area (Å²) in [6.45, 7) is 1.99. The van der Waals surface area contributed by atoms with Gasteiger partial charge < -0.3 is 16.6 Å². The van der Waals surface area contributed by atoms with E-state index >= 15 is 0 Å². The van der Waals surface area contributed by atoms with Gasteiger partial charge in [0.1, 0.15) is 6.10 Å². The fourth-order valence-electron chi connectivity index (χ4n) is 0.636. The normalized spacial score (nSPS) is 17.2. The largest absolute Gasteiger partial charge is 0.383 e. The van der Waals surface area contributed by atoms with E-state index in [4.69, 9.17) is 16.6 Å². The van der Waals surface area contributed by atoms with Crippen molar-refractivity contribution in [2.75, 3.05) is 0 Å². The van der Waals surface area contributed by atoms with Gasteiger partial charge >= 0.3 is 0 Å². The van der Waals surface area contributed by atoms with Crippen molar-refractivity contribution in [1.82, 2.24) is 0 Å². The predicted molar refractivity (Wildman–Crippen MR) is 51.9 cm³/mol. The SMILES string of the molecule is CCCCC(O)C(N)=O.NC1CC1. The van der Waals surface area contributed by atoms with Crippen LogP contribution in [0.25, 0.3) is 0 Å². The zero-order valence-electron chi connectivity index (χ0n) is 8.20. The molecule has 0 bridgehead atoms. The van der Waals surface area contributed by atoms with E-state index in [9.17, 15) is 4.79 Å². The van der Waals surface area contributed by atoms with Crippen molar-refractivity contribution in [1.29, 1.82) is 0 Å². The number of primary amides is 1. The Balaban J connectivity index is 0.000000293. The summed E-state index contributed by atoms with van der Waals surface area (Å²) in [4.78, 5) is 10.2. The first kappa shape index (κ1) is 12.4. The highest BCUT2D eigenvalue weighted by Crippen LogP contribution is 2.13. The van der Waals surface area contributed by atoms with Gasteiger partial charge in [0.25, 0.3) is 0 Å². The van der Waals surface area contributed by atoms with Crippen LogP contribution < -0.4 is 11.5 Å². The minimum atomic E-state index is -0.940. The topological polar surface area (TPSA) is 89.3 Å². The molecule has 1 rings (SSSR count). The van der Waals surface area contributed by atoms with E-state index in [1.165, 1.54) is 12.8 Å². The van der Waals surface area contributed by atoms with E-state index in [2.05, 4.69) is 0 Å². The van der Waals surface area contributed by atoms with Gasteiger partial charge in [0.2, 0.25) is 5.91 Å². The van der Waals surface area contributed by atoms with Crippen molar-refractivity contribution < 1.29 is 9.90 Å². The lowest BCUT2D eigenvalue weighted by molar-refractivity contribution is -0.126. The monoisotopic (exact) mass is 188 g/mol. The number of unbranched alkanes of at least 4 members (excludes halogenated alkanes) is 1. The van der Waals surface area contributed by atoms with Crippen LogP contribution in [0.3, 0.4) is 0 Å². The van der Waals surface area contributed by atoms with Gasteiger partial charge in [-0.05, 0) is 19.3 Å². The number of aliphatic hydroxyl groups is 1. The summed E-state index contributed by atoms with van der Waals surface area (Å²) < 4.78 is 0. The van der Waals surface area contributed by atoms with Crippen molar-refractivity contribution in [3.8, 4) is 0 Å². The van der Waals surface area contributed by atoms with Crippen molar-refractivity contribution in [3.63, 3.8) is 0 Å². The number of hydrogen-bond donors (Lipinski definition) is 3. The Morgan fingerprint density at radius 2 is 2.08 bits per heavy atom. The standard InChI is InChI=1S/C6H13NO2.C3H7N/c1-2-3-4-5(8)6(7)9;4-3-1-2-3/h5,8H,2-4H2,1H3,(H2,7,9);3H,1-2,4H2. The van der Waals surface area contributed by atoms with E-state index in [0.29, 0.717) is 12.5 Å². The third-order valence-corrected chi connectivity index (χ3v) is 1.78. The quantitative estimate of drug-likeness (QED) is 0.586. The summed E-state index contributed by atoms with van der Waals surface area (Å²) in [5.41, 5.74) is 10.0. The van der Waals surface area contributed by atoms with E-state index in [1.807, 2.05) is 6.92 Å². The number of hydrogen-bond acceptors (Lipinski definition) is 3. The lowest BCUT2D eigenvalue weighted by Crippen LogP contribution is -2.27. The second-order valence-corrected chi connectivity index (χ2v) is 3.40. The van der Waals surface area contributed by atoms with Crippen LogP contribution in [0.15, 0.2) is 0 Å². The molecular formula is C9H20N2O2. The molecule has 1 aliphatic rings. The zero-order chi connectivity index (χ0) is 10.3. The van der Waals surface area contributed by atoms with Crippen LogP contribution in [0.4, 0.5) is 0 Å². The van der Waals surface area contributed by atoms with Gasteiger partial charge in [-0.25, -0.2) is 0 Å². The van der Waals surface area contributed by atoms with Crippen LogP contribution in [0.5, 0.6) is 0 Å². The molecule has 0 aromatic heterocycles. The Morgan fingerprint density at radius 1 is 1.62 bits per heavy atom. The summed E-state index contributed by atoms with van der Waals surface area (Å²) in [5, 5.41) is 8.78. The summed E-state index contributed by atoms with van der Waals surface area (Å²) in [5.74, 6) is -0.622. The van der Waals surface area contributed by atoms with Crippen molar-refractivity contribution in [2.45, 2.75) is 51.2 Å². The zero-order valence-corrected chi connectivity index (χ0v) is 8.20. The second kappa shape index (κ2) is 6.86. The van der Waals surface area contributed by atoms with Crippen LogP contribution in [-0.4, -0.2) is 23.2 Å². The van der Waals surface area contributed by atoms with Crippen LogP contribution in [-0.2, 0) is 4.79 Å². The summed E-state index contributed by atoms with van der Waals surface area (Å²) in [7, 11) is 0. The van der Waals surface area contributed by atoms with Crippen molar-refractivity contribution in [2.24, 2.45) is 11.5 Å². The van der Waals surface area contributed by atoms with Gasteiger partial charge in [-0.15, -0.1) is 0 Å². The molecule has 4 heteroatoms. The Morgan fingerprint density at radius 3 is 2.31 bits per heavy atom. The molecule has 0 aromatic carbocycles. The van der Waals surface area contributed by atoms with Crippen molar-refractivity contribution >= 4 is 5.91 Å². The summed E-state index contributed by atoms with van der Waals surface area (Å²) in [6.07, 6.45) is 3.91.